The Bertz CT molecular complexity index is 1050. The van der Waals surface area contributed by atoms with Crippen LogP contribution in [0.5, 0.6) is 5.75 Å². The standard InChI is InChI=1S/C18H17ClN4O3/c1-9(22-16-7-10(17(20)24)3-4-21-16)12-5-11-6-13(19)15(26-2)8-14(11)23-18(12)25/h3-9H,1-2H3,(H2,20,24)(H,21,22)(H,23,25). The molecule has 1 aromatic carbocycles. The van der Waals surface area contributed by atoms with Crippen LogP contribution in [0.25, 0.3) is 10.9 Å². The molecular weight excluding hydrogens is 356 g/mol. The molecule has 0 aliphatic carbocycles. The number of nitrogens with zero attached hydrogens (tertiary/aromatic N) is 1. The number of aromatic nitrogens is 2. The van der Waals surface area contributed by atoms with Gasteiger partial charge in [0.05, 0.1) is 23.7 Å². The molecule has 0 saturated heterocycles. The highest BCUT2D eigenvalue weighted by atomic mass is 35.5. The molecule has 2 aromatic heterocycles. The van der Waals surface area contributed by atoms with E-state index < -0.39 is 5.91 Å². The zero-order valence-electron chi connectivity index (χ0n) is 14.2. The fraction of sp³-hybridized carbons (Fsp3) is 0.167. The Morgan fingerprint density at radius 1 is 1.35 bits per heavy atom. The Morgan fingerprint density at radius 3 is 2.81 bits per heavy atom. The van der Waals surface area contributed by atoms with Crippen LogP contribution in [0.4, 0.5) is 5.82 Å². The average Bonchev–Trinajstić information content (AvgIpc) is 2.61. The van der Waals surface area contributed by atoms with E-state index in [1.165, 1.54) is 25.4 Å². The molecule has 26 heavy (non-hydrogen) atoms. The Morgan fingerprint density at radius 2 is 2.12 bits per heavy atom. The number of carbonyl (C=O) groups excluding carboxylic acids is 1. The van der Waals surface area contributed by atoms with E-state index >= 15 is 0 Å². The van der Waals surface area contributed by atoms with Crippen molar-refractivity contribution in [3.8, 4) is 5.75 Å². The first-order chi connectivity index (χ1) is 12.4. The third-order valence-electron chi connectivity index (χ3n) is 4.02. The summed E-state index contributed by atoms with van der Waals surface area (Å²) in [4.78, 5) is 30.7. The first-order valence-electron chi connectivity index (χ1n) is 7.82. The number of nitrogens with one attached hydrogen (secondary N) is 2. The number of benzene rings is 1. The summed E-state index contributed by atoms with van der Waals surface area (Å²) in [7, 11) is 1.51. The number of anilines is 1. The van der Waals surface area contributed by atoms with Crippen LogP contribution in [0.2, 0.25) is 5.02 Å². The molecule has 2 heterocycles. The number of aromatic amines is 1. The van der Waals surface area contributed by atoms with E-state index in [2.05, 4.69) is 15.3 Å². The molecule has 0 aliphatic heterocycles. The molecule has 8 heteroatoms. The molecule has 0 fully saturated rings. The lowest BCUT2D eigenvalue weighted by Gasteiger charge is -2.15. The smallest absolute Gasteiger partial charge is 0.253 e. The van der Waals surface area contributed by atoms with Gasteiger partial charge in [0.2, 0.25) is 5.91 Å². The lowest BCUT2D eigenvalue weighted by atomic mass is 10.1. The summed E-state index contributed by atoms with van der Waals surface area (Å²) in [5.74, 6) is 0.387. The lowest BCUT2D eigenvalue weighted by molar-refractivity contribution is 0.1000. The van der Waals surface area contributed by atoms with Gasteiger partial charge >= 0.3 is 0 Å². The second-order valence-electron chi connectivity index (χ2n) is 5.79. The van der Waals surface area contributed by atoms with Crippen molar-refractivity contribution < 1.29 is 9.53 Å². The van der Waals surface area contributed by atoms with Crippen molar-refractivity contribution in [2.75, 3.05) is 12.4 Å². The minimum atomic E-state index is -0.546. The molecule has 0 radical (unpaired) electrons. The van der Waals surface area contributed by atoms with Crippen molar-refractivity contribution in [2.24, 2.45) is 5.73 Å². The van der Waals surface area contributed by atoms with E-state index in [0.717, 1.165) is 5.39 Å². The Labute approximate surface area is 154 Å². The normalized spacial score (nSPS) is 12.0. The molecule has 1 unspecified atom stereocenters. The zero-order valence-corrected chi connectivity index (χ0v) is 14.9. The number of amides is 1. The van der Waals surface area contributed by atoms with Gasteiger partial charge in [0.15, 0.2) is 0 Å². The topological polar surface area (TPSA) is 110 Å². The van der Waals surface area contributed by atoms with Crippen LogP contribution in [-0.4, -0.2) is 23.0 Å². The molecule has 3 rings (SSSR count). The van der Waals surface area contributed by atoms with Crippen molar-refractivity contribution in [1.29, 1.82) is 0 Å². The number of nitrogens with two attached hydrogens (primary N) is 1. The van der Waals surface area contributed by atoms with Crippen molar-refractivity contribution in [1.82, 2.24) is 9.97 Å². The minimum absolute atomic E-state index is 0.243. The molecule has 7 nitrogen and oxygen atoms in total. The molecule has 0 spiro atoms. The summed E-state index contributed by atoms with van der Waals surface area (Å²) >= 11 is 6.17. The van der Waals surface area contributed by atoms with E-state index in [1.54, 1.807) is 18.2 Å². The first kappa shape index (κ1) is 17.8. The molecule has 4 N–H and O–H groups in total. The quantitative estimate of drug-likeness (QED) is 0.637. The van der Waals surface area contributed by atoms with Crippen LogP contribution in [0.15, 0.2) is 41.3 Å². The number of fused-ring (bicyclic) bond motifs is 1. The Kier molecular flexibility index (Phi) is 4.81. The Balaban J connectivity index is 1.96. The van der Waals surface area contributed by atoms with Gasteiger partial charge in [-0.3, -0.25) is 9.59 Å². The summed E-state index contributed by atoms with van der Waals surface area (Å²) in [6.45, 7) is 1.82. The van der Waals surface area contributed by atoms with Crippen molar-refractivity contribution >= 4 is 34.2 Å². The second-order valence-corrected chi connectivity index (χ2v) is 6.20. The predicted molar refractivity (Wildman–Crippen MR) is 101 cm³/mol. The van der Waals surface area contributed by atoms with E-state index in [4.69, 9.17) is 22.1 Å². The zero-order chi connectivity index (χ0) is 18.8. The number of H-pyrrole nitrogens is 1. The van der Waals surface area contributed by atoms with Crippen molar-refractivity contribution in [3.63, 3.8) is 0 Å². The highest BCUT2D eigenvalue weighted by Crippen LogP contribution is 2.29. The molecule has 0 saturated carbocycles. The van der Waals surface area contributed by atoms with Crippen LogP contribution in [0.3, 0.4) is 0 Å². The number of halogens is 1. The largest absolute Gasteiger partial charge is 0.495 e. The number of carbonyl (C=O) groups is 1. The fourth-order valence-electron chi connectivity index (χ4n) is 2.66. The summed E-state index contributed by atoms with van der Waals surface area (Å²) < 4.78 is 5.17. The fourth-order valence-corrected chi connectivity index (χ4v) is 2.91. The molecule has 1 atom stereocenters. The summed E-state index contributed by atoms with van der Waals surface area (Å²) in [6.07, 6.45) is 1.48. The SMILES string of the molecule is COc1cc2[nH]c(=O)c(C(C)Nc3cc(C(N)=O)ccn3)cc2cc1Cl. The highest BCUT2D eigenvalue weighted by molar-refractivity contribution is 6.32. The number of methoxy groups -OCH3 is 1. The van der Waals surface area contributed by atoms with Crippen LogP contribution >= 0.6 is 11.6 Å². The molecule has 134 valence electrons. The number of ether oxygens (including phenoxy) is 1. The summed E-state index contributed by atoms with van der Waals surface area (Å²) in [6, 6.07) is 7.87. The second kappa shape index (κ2) is 7.05. The van der Waals surface area contributed by atoms with Gasteiger partial charge in [0, 0.05) is 28.8 Å². The average molecular weight is 373 g/mol. The van der Waals surface area contributed by atoms with Gasteiger partial charge < -0.3 is 20.8 Å². The summed E-state index contributed by atoms with van der Waals surface area (Å²) in [5, 5.41) is 4.33. The van der Waals surface area contributed by atoms with Crippen LogP contribution in [0, 0.1) is 0 Å². The van der Waals surface area contributed by atoms with Gasteiger partial charge in [0.1, 0.15) is 11.6 Å². The van der Waals surface area contributed by atoms with Gasteiger partial charge in [-0.2, -0.15) is 0 Å². The van der Waals surface area contributed by atoms with E-state index in [9.17, 15) is 9.59 Å². The Hall–Kier alpha value is -3.06. The van der Waals surface area contributed by atoms with Gasteiger partial charge in [-0.1, -0.05) is 11.6 Å². The number of hydrogen-bond acceptors (Lipinski definition) is 5. The van der Waals surface area contributed by atoms with Crippen LogP contribution < -0.4 is 21.3 Å². The lowest BCUT2D eigenvalue weighted by Crippen LogP contribution is -2.20. The molecule has 0 bridgehead atoms. The van der Waals surface area contributed by atoms with E-state index in [1.807, 2.05) is 6.92 Å². The van der Waals surface area contributed by atoms with E-state index in [-0.39, 0.29) is 11.6 Å². The van der Waals surface area contributed by atoms with Gasteiger partial charge in [0.25, 0.3) is 5.56 Å². The highest BCUT2D eigenvalue weighted by Gasteiger charge is 2.14. The van der Waals surface area contributed by atoms with Crippen molar-refractivity contribution in [3.05, 3.63) is 63.0 Å². The van der Waals surface area contributed by atoms with Gasteiger partial charge in [-0.15, -0.1) is 0 Å². The molecule has 1 amide bonds. The number of primary amides is 1. The minimum Gasteiger partial charge on any atom is -0.495 e. The maximum absolute atomic E-state index is 12.5. The maximum atomic E-state index is 12.5. The van der Waals surface area contributed by atoms with Gasteiger partial charge in [-0.05, 0) is 31.2 Å². The van der Waals surface area contributed by atoms with E-state index in [0.29, 0.717) is 33.2 Å². The molecule has 3 aromatic rings. The first-order valence-corrected chi connectivity index (χ1v) is 8.19. The number of pyridine rings is 2. The van der Waals surface area contributed by atoms with Crippen LogP contribution in [-0.2, 0) is 0 Å². The third kappa shape index (κ3) is 3.48. The monoisotopic (exact) mass is 372 g/mol. The number of rotatable bonds is 5. The van der Waals surface area contributed by atoms with Crippen LogP contribution in [0.1, 0.15) is 28.9 Å². The third-order valence-corrected chi connectivity index (χ3v) is 4.32. The number of hydrogen-bond donors (Lipinski definition) is 3. The maximum Gasteiger partial charge on any atom is 0.253 e. The molecular formula is C18H17ClN4O3. The predicted octanol–water partition coefficient (Wildman–Crippen LogP) is 2.86. The van der Waals surface area contributed by atoms with Gasteiger partial charge in [-0.25, -0.2) is 4.98 Å². The van der Waals surface area contributed by atoms with Crippen molar-refractivity contribution in [2.45, 2.75) is 13.0 Å². The summed E-state index contributed by atoms with van der Waals surface area (Å²) in [5.41, 5.74) is 6.50. The molecule has 0 aliphatic rings.